The summed E-state index contributed by atoms with van der Waals surface area (Å²) in [4.78, 5) is 8.34. The molecular weight excluding hydrogens is 584 g/mol. The van der Waals surface area contributed by atoms with E-state index in [4.69, 9.17) is 10.5 Å². The highest BCUT2D eigenvalue weighted by molar-refractivity contribution is 7.86. The van der Waals surface area contributed by atoms with E-state index in [1.807, 2.05) is 0 Å². The summed E-state index contributed by atoms with van der Waals surface area (Å²) in [5, 5.41) is 36.5. The number of methoxy groups -OCH3 is 1. The van der Waals surface area contributed by atoms with Crippen LogP contribution in [0.4, 0.5) is 34.1 Å². The highest BCUT2D eigenvalue weighted by atomic mass is 32.2. The van der Waals surface area contributed by atoms with Crippen molar-refractivity contribution in [2.75, 3.05) is 12.8 Å². The van der Waals surface area contributed by atoms with Crippen molar-refractivity contribution in [1.29, 1.82) is 0 Å². The van der Waals surface area contributed by atoms with E-state index in [0.29, 0.717) is 0 Å². The quantitative estimate of drug-likeness (QED) is 0.0655. The minimum absolute atomic E-state index is 0.0358. The maximum atomic E-state index is 12.2. The molecule has 4 aromatic carbocycles. The average molecular weight is 603 g/mol. The van der Waals surface area contributed by atoms with E-state index in [2.05, 4.69) is 20.5 Å². The summed E-state index contributed by atoms with van der Waals surface area (Å²) < 4.78 is 73.5. The number of nitrogens with zero attached hydrogens (tertiary/aromatic N) is 5. The van der Waals surface area contributed by atoms with E-state index in [9.17, 15) is 41.2 Å². The lowest BCUT2D eigenvalue weighted by molar-refractivity contribution is -0.384. The summed E-state index contributed by atoms with van der Waals surface area (Å²) in [6.45, 7) is 0. The molecule has 0 amide bonds. The Kier molecular flexibility index (Phi) is 7.66. The number of ether oxygens (including phenoxy) is 1. The third-order valence-corrected chi connectivity index (χ3v) is 7.27. The van der Waals surface area contributed by atoms with Crippen LogP contribution < -0.4 is 10.5 Å². The zero-order valence-corrected chi connectivity index (χ0v) is 22.2. The molecule has 16 nitrogen and oxygen atoms in total. The van der Waals surface area contributed by atoms with Crippen LogP contribution >= 0.6 is 0 Å². The van der Waals surface area contributed by atoms with E-state index in [1.165, 1.54) is 31.4 Å². The molecule has 0 bridgehead atoms. The Bertz CT molecular complexity index is 1980. The molecular formula is C23H18N6O10S2. The number of nitrogens with two attached hydrogens (primary N) is 1. The summed E-state index contributed by atoms with van der Waals surface area (Å²) in [5.41, 5.74) is 4.08. The van der Waals surface area contributed by atoms with E-state index < -0.39 is 57.8 Å². The van der Waals surface area contributed by atoms with Crippen molar-refractivity contribution in [2.45, 2.75) is 9.79 Å². The topological polar surface area (TPSA) is 257 Å². The van der Waals surface area contributed by atoms with Gasteiger partial charge in [0, 0.05) is 12.1 Å². The summed E-state index contributed by atoms with van der Waals surface area (Å²) in [7, 11) is -8.80. The summed E-state index contributed by atoms with van der Waals surface area (Å²) in [5.74, 6) is -0.684. The van der Waals surface area contributed by atoms with Crippen molar-refractivity contribution in [1.82, 2.24) is 0 Å². The number of nitro groups is 1. The van der Waals surface area contributed by atoms with Crippen LogP contribution in [0.25, 0.3) is 10.8 Å². The third kappa shape index (κ3) is 5.94. The lowest BCUT2D eigenvalue weighted by Crippen LogP contribution is -2.03. The Labute approximate surface area is 231 Å². The number of hydrogen-bond donors (Lipinski definition) is 4. The van der Waals surface area contributed by atoms with E-state index in [-0.39, 0.29) is 33.6 Å². The van der Waals surface area contributed by atoms with Crippen molar-refractivity contribution in [3.63, 3.8) is 0 Å². The van der Waals surface area contributed by atoms with Gasteiger partial charge in [-0.1, -0.05) is 12.1 Å². The number of fused-ring (bicyclic) bond motifs is 1. The predicted molar refractivity (Wildman–Crippen MR) is 144 cm³/mol. The van der Waals surface area contributed by atoms with Crippen LogP contribution in [0, 0.1) is 10.1 Å². The molecule has 4 rings (SSSR count). The minimum Gasteiger partial charge on any atom is -0.505 e. The van der Waals surface area contributed by atoms with Crippen LogP contribution in [-0.2, 0) is 20.2 Å². The number of nitro benzene ring substituents is 1. The standard InChI is InChI=1S/C23H18N6O10S2/c1-39-16-5-3-2-4-15(16)26-28-22-18(41(36,37)38)11-12-10-17(40(33,34)35)21(20(24)19(12)23(22)30)27-25-13-6-8-14(9-7-13)29(31)32/h2-11,30H,24H2,1H3,(H,33,34,35)(H,36,37,38). The predicted octanol–water partition coefficient (Wildman–Crippen LogP) is 5.37. The highest BCUT2D eigenvalue weighted by Gasteiger charge is 2.28. The van der Waals surface area contributed by atoms with Gasteiger partial charge in [0.25, 0.3) is 25.9 Å². The summed E-state index contributed by atoms with van der Waals surface area (Å²) >= 11 is 0. The van der Waals surface area contributed by atoms with E-state index in [1.54, 1.807) is 12.1 Å². The fourth-order valence-electron chi connectivity index (χ4n) is 3.67. The van der Waals surface area contributed by atoms with Crippen LogP contribution in [0.2, 0.25) is 0 Å². The number of anilines is 1. The molecule has 4 aromatic rings. The zero-order chi connectivity index (χ0) is 30.1. The number of phenolic OH excluding ortho intramolecular Hbond substituents is 1. The Balaban J connectivity index is 1.99. The molecule has 0 aliphatic carbocycles. The first-order valence-electron chi connectivity index (χ1n) is 11.0. The molecule has 0 radical (unpaired) electrons. The number of azo groups is 2. The molecule has 18 heteroatoms. The molecule has 0 aliphatic heterocycles. The smallest absolute Gasteiger partial charge is 0.296 e. The normalized spacial score (nSPS) is 12.4. The lowest BCUT2D eigenvalue weighted by atomic mass is 10.1. The van der Waals surface area contributed by atoms with Gasteiger partial charge in [-0.25, -0.2) is 0 Å². The first-order valence-corrected chi connectivity index (χ1v) is 13.9. The van der Waals surface area contributed by atoms with Crippen LogP contribution in [0.15, 0.2) is 90.9 Å². The van der Waals surface area contributed by atoms with Gasteiger partial charge in [0.05, 0.1) is 28.8 Å². The second-order valence-corrected chi connectivity index (χ2v) is 10.9. The number of nitrogen functional groups attached to an aromatic ring is 1. The molecule has 0 saturated carbocycles. The number of benzene rings is 4. The lowest BCUT2D eigenvalue weighted by Gasteiger charge is -2.14. The van der Waals surface area contributed by atoms with Crippen molar-refractivity contribution in [3.05, 3.63) is 70.8 Å². The van der Waals surface area contributed by atoms with Crippen LogP contribution in [0.3, 0.4) is 0 Å². The number of phenols is 1. The van der Waals surface area contributed by atoms with Crippen LogP contribution in [0.1, 0.15) is 0 Å². The molecule has 0 unspecified atom stereocenters. The first-order chi connectivity index (χ1) is 19.2. The number of rotatable bonds is 8. The number of aromatic hydroxyl groups is 1. The van der Waals surface area contributed by atoms with Crippen LogP contribution in [-0.4, -0.2) is 43.1 Å². The number of hydrogen-bond acceptors (Lipinski definition) is 13. The maximum absolute atomic E-state index is 12.2. The molecule has 0 atom stereocenters. The third-order valence-electron chi connectivity index (χ3n) is 5.54. The molecule has 0 aromatic heterocycles. The fourth-order valence-corrected chi connectivity index (χ4v) is 5.00. The SMILES string of the molecule is COc1ccccc1N=Nc1c(S(=O)(=O)O)cc2cc(S(=O)(=O)O)c(N=Nc3ccc([N+](=O)[O-])cc3)c(N)c2c1O. The largest absolute Gasteiger partial charge is 0.505 e. The fraction of sp³-hybridized carbons (Fsp3) is 0.0435. The van der Waals surface area contributed by atoms with E-state index in [0.717, 1.165) is 24.3 Å². The van der Waals surface area contributed by atoms with Crippen molar-refractivity contribution in [3.8, 4) is 11.5 Å². The molecule has 212 valence electrons. The van der Waals surface area contributed by atoms with Gasteiger partial charge in [-0.2, -0.15) is 21.9 Å². The van der Waals surface area contributed by atoms with Gasteiger partial charge in [0.2, 0.25) is 0 Å². The molecule has 0 spiro atoms. The van der Waals surface area contributed by atoms with Gasteiger partial charge in [0.1, 0.15) is 32.6 Å². The second kappa shape index (κ2) is 10.8. The summed E-state index contributed by atoms with van der Waals surface area (Å²) in [6, 6.07) is 12.4. The first kappa shape index (κ1) is 29.0. The zero-order valence-electron chi connectivity index (χ0n) is 20.6. The minimum atomic E-state index is -5.08. The monoisotopic (exact) mass is 602 g/mol. The molecule has 0 saturated heterocycles. The second-order valence-electron chi connectivity index (χ2n) is 8.10. The maximum Gasteiger partial charge on any atom is 0.296 e. The Morgan fingerprint density at radius 1 is 0.854 bits per heavy atom. The number of para-hydroxylation sites is 1. The molecule has 0 heterocycles. The van der Waals surface area contributed by atoms with Crippen LogP contribution in [0.5, 0.6) is 11.5 Å². The average Bonchev–Trinajstić information content (AvgIpc) is 2.90. The van der Waals surface area contributed by atoms with Gasteiger partial charge < -0.3 is 15.6 Å². The van der Waals surface area contributed by atoms with Gasteiger partial charge >= 0.3 is 0 Å². The van der Waals surface area contributed by atoms with Crippen molar-refractivity contribution >= 4 is 65.1 Å². The Morgan fingerprint density at radius 3 is 1.98 bits per heavy atom. The van der Waals surface area contributed by atoms with E-state index >= 15 is 0 Å². The van der Waals surface area contributed by atoms with Gasteiger partial charge in [0.15, 0.2) is 5.75 Å². The molecule has 0 fully saturated rings. The number of non-ortho nitro benzene ring substituents is 1. The Hall–Kier alpha value is -5.04. The van der Waals surface area contributed by atoms with Crippen molar-refractivity contribution in [2.24, 2.45) is 20.5 Å². The molecule has 0 aliphatic rings. The van der Waals surface area contributed by atoms with Gasteiger partial charge in [-0.15, -0.1) is 15.3 Å². The molecule has 41 heavy (non-hydrogen) atoms. The summed E-state index contributed by atoms with van der Waals surface area (Å²) in [6.07, 6.45) is 0. The van der Waals surface area contributed by atoms with Gasteiger partial charge in [-0.05, 0) is 41.8 Å². The van der Waals surface area contributed by atoms with Gasteiger partial charge in [-0.3, -0.25) is 19.2 Å². The highest BCUT2D eigenvalue weighted by Crippen LogP contribution is 2.48. The van der Waals surface area contributed by atoms with Crippen molar-refractivity contribution < 1.29 is 40.7 Å². The molecule has 5 N–H and O–H groups in total. The Morgan fingerprint density at radius 2 is 1.41 bits per heavy atom.